The number of halogens is 4. The maximum absolute atomic E-state index is 12.8. The molecule has 0 aliphatic rings. The number of benzene rings is 2. The van der Waals surface area contributed by atoms with Crippen LogP contribution in [0.4, 0.5) is 18.9 Å². The zero-order valence-corrected chi connectivity index (χ0v) is 15.4. The molecule has 29 heavy (non-hydrogen) atoms. The van der Waals surface area contributed by atoms with Crippen molar-refractivity contribution in [2.45, 2.75) is 6.18 Å². The summed E-state index contributed by atoms with van der Waals surface area (Å²) in [5.74, 6) is -1.74. The second-order valence-electron chi connectivity index (χ2n) is 5.85. The Bertz CT molecular complexity index is 1050. The van der Waals surface area contributed by atoms with E-state index in [1.165, 1.54) is 24.3 Å². The summed E-state index contributed by atoms with van der Waals surface area (Å²) >= 11 is 5.92. The third-order valence-electron chi connectivity index (χ3n) is 3.76. The van der Waals surface area contributed by atoms with E-state index in [0.29, 0.717) is 10.7 Å². The van der Waals surface area contributed by atoms with Crippen molar-refractivity contribution in [3.63, 3.8) is 0 Å². The maximum Gasteiger partial charge on any atom is 0.416 e. The van der Waals surface area contributed by atoms with E-state index in [9.17, 15) is 22.8 Å². The van der Waals surface area contributed by atoms with Crippen molar-refractivity contribution in [1.82, 2.24) is 0 Å². The largest absolute Gasteiger partial charge is 0.450 e. The van der Waals surface area contributed by atoms with Crippen LogP contribution in [0.3, 0.4) is 0 Å². The highest BCUT2D eigenvalue weighted by Gasteiger charge is 2.30. The second kappa shape index (κ2) is 8.40. The smallest absolute Gasteiger partial charge is 0.416 e. The van der Waals surface area contributed by atoms with Crippen molar-refractivity contribution >= 4 is 29.2 Å². The molecule has 1 aromatic heterocycles. The number of carbonyl (C=O) groups is 2. The first-order valence-corrected chi connectivity index (χ1v) is 8.61. The molecule has 0 aliphatic heterocycles. The van der Waals surface area contributed by atoms with Gasteiger partial charge in [0.05, 0.1) is 16.3 Å². The number of alkyl halides is 3. The topological polar surface area (TPSA) is 68.5 Å². The van der Waals surface area contributed by atoms with E-state index >= 15 is 0 Å². The minimum Gasteiger partial charge on any atom is -0.450 e. The molecule has 0 aliphatic carbocycles. The van der Waals surface area contributed by atoms with Crippen LogP contribution in [-0.4, -0.2) is 18.5 Å². The lowest BCUT2D eigenvalue weighted by atomic mass is 10.1. The molecule has 0 fully saturated rings. The Balaban J connectivity index is 1.62. The molecule has 0 radical (unpaired) electrons. The zero-order valence-electron chi connectivity index (χ0n) is 14.6. The van der Waals surface area contributed by atoms with Gasteiger partial charge in [0.2, 0.25) is 5.76 Å². The Morgan fingerprint density at radius 2 is 1.79 bits per heavy atom. The minimum atomic E-state index is -4.50. The summed E-state index contributed by atoms with van der Waals surface area (Å²) in [5.41, 5.74) is -0.331. The van der Waals surface area contributed by atoms with Crippen LogP contribution < -0.4 is 5.32 Å². The molecule has 0 spiro atoms. The Labute approximate surface area is 168 Å². The van der Waals surface area contributed by atoms with Gasteiger partial charge in [0, 0.05) is 5.56 Å². The van der Waals surface area contributed by atoms with Gasteiger partial charge in [0.15, 0.2) is 6.61 Å². The third kappa shape index (κ3) is 5.17. The molecule has 1 N–H and O–H groups in total. The Morgan fingerprint density at radius 3 is 2.52 bits per heavy atom. The lowest BCUT2D eigenvalue weighted by molar-refractivity contribution is -0.137. The van der Waals surface area contributed by atoms with Crippen LogP contribution in [0.5, 0.6) is 0 Å². The molecule has 0 unspecified atom stereocenters. The summed E-state index contributed by atoms with van der Waals surface area (Å²) < 4.78 is 48.6. The van der Waals surface area contributed by atoms with E-state index in [2.05, 4.69) is 5.32 Å². The van der Waals surface area contributed by atoms with Crippen LogP contribution in [0.2, 0.25) is 5.02 Å². The van der Waals surface area contributed by atoms with Crippen molar-refractivity contribution in [3.05, 3.63) is 77.0 Å². The van der Waals surface area contributed by atoms with E-state index in [4.69, 9.17) is 20.8 Å². The normalized spacial score (nSPS) is 11.2. The third-order valence-corrected chi connectivity index (χ3v) is 4.09. The summed E-state index contributed by atoms with van der Waals surface area (Å²) in [6.45, 7) is -0.594. The van der Waals surface area contributed by atoms with E-state index in [1.807, 2.05) is 0 Å². The first-order valence-electron chi connectivity index (χ1n) is 8.23. The molecule has 1 amide bonds. The highest BCUT2D eigenvalue weighted by molar-refractivity contribution is 6.33. The monoisotopic (exact) mass is 423 g/mol. The first kappa shape index (κ1) is 20.5. The number of esters is 1. The van der Waals surface area contributed by atoms with Crippen molar-refractivity contribution in [2.24, 2.45) is 0 Å². The number of anilines is 1. The van der Waals surface area contributed by atoms with Gasteiger partial charge < -0.3 is 14.5 Å². The van der Waals surface area contributed by atoms with E-state index in [-0.39, 0.29) is 17.1 Å². The van der Waals surface area contributed by atoms with Crippen molar-refractivity contribution in [1.29, 1.82) is 0 Å². The molecule has 9 heteroatoms. The number of carbonyl (C=O) groups excluding carboxylic acids is 2. The van der Waals surface area contributed by atoms with Gasteiger partial charge >= 0.3 is 12.1 Å². The molecule has 1 heterocycles. The highest BCUT2D eigenvalue weighted by atomic mass is 35.5. The number of furan rings is 1. The summed E-state index contributed by atoms with van der Waals surface area (Å²) in [5, 5.41) is 2.81. The fraction of sp³-hybridized carbons (Fsp3) is 0.100. The number of hydrogen-bond acceptors (Lipinski definition) is 4. The highest BCUT2D eigenvalue weighted by Crippen LogP contribution is 2.32. The Morgan fingerprint density at radius 1 is 1.03 bits per heavy atom. The summed E-state index contributed by atoms with van der Waals surface area (Å²) in [6, 6.07) is 13.6. The van der Waals surface area contributed by atoms with Crippen LogP contribution in [-0.2, 0) is 15.7 Å². The lowest BCUT2D eigenvalue weighted by Crippen LogP contribution is -2.20. The van der Waals surface area contributed by atoms with Crippen molar-refractivity contribution in [3.8, 4) is 11.3 Å². The molecule has 0 saturated carbocycles. The van der Waals surface area contributed by atoms with Crippen LogP contribution in [0.15, 0.2) is 65.1 Å². The molecule has 0 saturated heterocycles. The number of ether oxygens (including phenoxy) is 1. The van der Waals surface area contributed by atoms with Gasteiger partial charge in [-0.2, -0.15) is 13.2 Å². The summed E-state index contributed by atoms with van der Waals surface area (Å²) in [4.78, 5) is 23.9. The van der Waals surface area contributed by atoms with Crippen LogP contribution in [0.1, 0.15) is 16.1 Å². The van der Waals surface area contributed by atoms with Gasteiger partial charge in [-0.1, -0.05) is 35.9 Å². The Kier molecular flexibility index (Phi) is 5.93. The standard InChI is InChI=1S/C20H13ClF3NO4/c21-14-6-1-2-7-15(14)25-18(26)11-28-19(27)17-9-8-16(29-17)12-4-3-5-13(10-12)20(22,23)24/h1-10H,11H2,(H,25,26). The molecular weight excluding hydrogens is 411 g/mol. The SMILES string of the molecule is O=C(COC(=O)c1ccc(-c2cccc(C(F)(F)F)c2)o1)Nc1ccccc1Cl. The van der Waals surface area contributed by atoms with Gasteiger partial charge in [-0.15, -0.1) is 0 Å². The molecule has 150 valence electrons. The minimum absolute atomic E-state index is 0.0589. The van der Waals surface area contributed by atoms with Gasteiger partial charge in [-0.3, -0.25) is 4.79 Å². The predicted octanol–water partition coefficient (Wildman–Crippen LogP) is 5.41. The number of hydrogen-bond donors (Lipinski definition) is 1. The fourth-order valence-corrected chi connectivity index (χ4v) is 2.59. The van der Waals surface area contributed by atoms with E-state index < -0.39 is 30.2 Å². The fourth-order valence-electron chi connectivity index (χ4n) is 2.40. The number of nitrogens with one attached hydrogen (secondary N) is 1. The average Bonchev–Trinajstić information content (AvgIpc) is 3.18. The number of para-hydroxylation sites is 1. The predicted molar refractivity (Wildman–Crippen MR) is 99.5 cm³/mol. The van der Waals surface area contributed by atoms with Gasteiger partial charge in [0.1, 0.15) is 5.76 Å². The lowest BCUT2D eigenvalue weighted by Gasteiger charge is -2.07. The Hall–Kier alpha value is -3.26. The molecule has 3 rings (SSSR count). The summed E-state index contributed by atoms with van der Waals surface area (Å²) in [7, 11) is 0. The average molecular weight is 424 g/mol. The number of rotatable bonds is 5. The molecule has 0 atom stereocenters. The molecular formula is C20H13ClF3NO4. The van der Waals surface area contributed by atoms with Crippen molar-refractivity contribution < 1.29 is 31.9 Å². The quantitative estimate of drug-likeness (QED) is 0.557. The molecule has 5 nitrogen and oxygen atoms in total. The molecule has 2 aromatic carbocycles. The van der Waals surface area contributed by atoms with E-state index in [1.54, 1.807) is 24.3 Å². The van der Waals surface area contributed by atoms with Gasteiger partial charge in [-0.05, 0) is 36.4 Å². The maximum atomic E-state index is 12.8. The van der Waals surface area contributed by atoms with Gasteiger partial charge in [-0.25, -0.2) is 4.79 Å². The summed E-state index contributed by atoms with van der Waals surface area (Å²) in [6.07, 6.45) is -4.50. The first-order chi connectivity index (χ1) is 13.7. The number of amides is 1. The van der Waals surface area contributed by atoms with Crippen LogP contribution in [0, 0.1) is 0 Å². The molecule has 3 aromatic rings. The van der Waals surface area contributed by atoms with Crippen molar-refractivity contribution in [2.75, 3.05) is 11.9 Å². The van der Waals surface area contributed by atoms with E-state index in [0.717, 1.165) is 12.1 Å². The van der Waals surface area contributed by atoms with Crippen LogP contribution in [0.25, 0.3) is 11.3 Å². The van der Waals surface area contributed by atoms with Crippen LogP contribution >= 0.6 is 11.6 Å². The molecule has 0 bridgehead atoms. The second-order valence-corrected chi connectivity index (χ2v) is 6.25. The zero-order chi connectivity index (χ0) is 21.0. The van der Waals surface area contributed by atoms with Gasteiger partial charge in [0.25, 0.3) is 5.91 Å².